The van der Waals surface area contributed by atoms with Crippen LogP contribution in [0.15, 0.2) is 230 Å². The average molecular weight is 2410 g/mol. The van der Waals surface area contributed by atoms with Gasteiger partial charge >= 0.3 is 377 Å². The third-order valence-corrected chi connectivity index (χ3v) is 25.2. The molecule has 4 N–H and O–H groups in total. The van der Waals surface area contributed by atoms with Crippen LogP contribution in [0.3, 0.4) is 0 Å². The van der Waals surface area contributed by atoms with E-state index in [1.165, 1.54) is 72.3 Å². The van der Waals surface area contributed by atoms with E-state index in [-0.39, 0.29) is 439 Å². The maximum atomic E-state index is 11.5. The van der Waals surface area contributed by atoms with Crippen LogP contribution in [-0.2, 0) is 128 Å². The molecule has 17 rings (SSSR count). The summed E-state index contributed by atoms with van der Waals surface area (Å²) >= 11 is -2.02. The van der Waals surface area contributed by atoms with E-state index in [0.29, 0.717) is 98.4 Å². The predicted molar refractivity (Wildman–Crippen MR) is 481 cm³/mol. The van der Waals surface area contributed by atoms with E-state index in [4.69, 9.17) is 39.9 Å². The monoisotopic (exact) mass is 2410 g/mol. The molecule has 0 spiro atoms. The van der Waals surface area contributed by atoms with Crippen molar-refractivity contribution in [1.82, 2.24) is 79.0 Å². The fourth-order valence-electron chi connectivity index (χ4n) is 13.0. The second-order valence-electron chi connectivity index (χ2n) is 28.4. The van der Waals surface area contributed by atoms with Gasteiger partial charge in [-0.15, -0.1) is 0 Å². The topological polar surface area (TPSA) is 723 Å². The number of hydrogen-bond acceptors (Lipinski definition) is 41. The molecule has 0 saturated heterocycles. The third kappa shape index (κ3) is 36.3. The summed E-state index contributed by atoms with van der Waals surface area (Å²) in [5, 5.41) is 45.9. The number of benzene rings is 8. The van der Waals surface area contributed by atoms with E-state index in [9.17, 15) is 105 Å². The molecule has 9 heterocycles. The van der Waals surface area contributed by atoms with Gasteiger partial charge in [0, 0.05) is 86.4 Å². The van der Waals surface area contributed by atoms with Crippen LogP contribution in [-0.4, -0.2) is 188 Å². The number of nitrogens with one attached hydrogen (secondary N) is 4. The first kappa shape index (κ1) is 133. The van der Waals surface area contributed by atoms with Crippen LogP contribution in [0.25, 0.3) is 112 Å². The van der Waals surface area contributed by atoms with Crippen molar-refractivity contribution in [3.8, 4) is 74.1 Å². The summed E-state index contributed by atoms with van der Waals surface area (Å²) in [5.74, 6) is 1.83. The number of anilines is 4. The van der Waals surface area contributed by atoms with Gasteiger partial charge in [0.1, 0.15) is 80.9 Å². The Balaban J connectivity index is 0.000000380. The van der Waals surface area contributed by atoms with Crippen LogP contribution in [0, 0.1) is 27.7 Å². The SMILES string of the molecule is Cc1cc(NS(C)(=O)=O)n(-c2cc(OS(=O)[O-])ccc2S(=O)(=O)[O-])n1.Cc1cc(NS(C)(=O)=O)n(-c2cc(SOO[O-])ccc2S(=O)(=O)[O-])n1.Cc1cc(NS(C)(=O)=O)n(-c2cc(SOO[O-])ccc2S(=O)(=O)[O-])n1.Cc1cc(NS(C)(=O)=O)n(-c2ccc(S(=O)(=O)[O-])cc2)n1.[Cu+2].[HH].[K+].[K+].[K+].[K+].[K+].[K+].[K+].c1ccc2c(c1)-c1nc-2nc2[n-]c(nc3nc(nc4[n-]c(n1)c1ccccc41)-c1ccccc1-3)c1ccccc21. The summed E-state index contributed by atoms with van der Waals surface area (Å²) in [6, 6.07) is 51.8. The zero-order chi connectivity index (χ0) is 98.7. The standard InChI is InChI=1S/C32H16N8.3C11H13N3O8S3.C11H13N3O5S2.Cu.7K.H2/c1-2-10-18-17(9-1)25-33-26(18)38-28-21-13-5-6-14-22(21)30(35-28)40-32-24-16-8-7-15-23(24)31(36-32)39-29-20-12-4-3-11-19(20)27(34-29)37-25;1-7-5-11(13-24(2,17)18)14(12-7)9-6-8(22-23(15)16)3-4-10(9)25(19,20)21;2*1-7-5-11(13-24(2,16)17)14(12-7)9-6-8(23-22-21-15)3-4-10(9)25(18,19)20;1-8-7-11(13-20(2,15)16)14(12-8)9-3-5-10(6-4-9)21(17,18)19;;;;;;;;;/h1-16H;3-6,13H,1-2H3,(H,15,16)(H,19,20,21);2*3-6,13,15H,1-2H3,(H,18,19,20);3-7,13H,1-2H3,(H,17,18,19);;;;;;;;;1H/q-2;;;;;+2;7*+1;/p-7. The molecule has 68 heteroatoms. The van der Waals surface area contributed by atoms with E-state index in [1.807, 2.05) is 97.1 Å². The maximum absolute atomic E-state index is 11.5. The third-order valence-electron chi connectivity index (χ3n) is 17.9. The van der Waals surface area contributed by atoms with E-state index in [1.54, 1.807) is 20.8 Å². The Kier molecular flexibility index (Phi) is 52.5. The number of hydrogen-bond donors (Lipinski definition) is 4. The Hall–Kier alpha value is -1.06. The molecule has 2 aliphatic heterocycles. The molecule has 2 aliphatic rings. The minimum absolute atomic E-state index is 0. The zero-order valence-electron chi connectivity index (χ0n) is 77.3. The maximum Gasteiger partial charge on any atom is 2.00 e. The summed E-state index contributed by atoms with van der Waals surface area (Å²) in [4.78, 5) is 37.3. The van der Waals surface area contributed by atoms with Gasteiger partial charge in [0.15, 0.2) is 0 Å². The van der Waals surface area contributed by atoms with Gasteiger partial charge in [0.05, 0.1) is 138 Å². The second kappa shape index (κ2) is 56.7. The van der Waals surface area contributed by atoms with Crippen LogP contribution in [0.1, 0.15) is 24.2 Å². The first-order valence-corrected chi connectivity index (χ1v) is 53.1. The predicted octanol–water partition coefficient (Wildman–Crippen LogP) is -15.1. The number of sulfonamides is 4. The van der Waals surface area contributed by atoms with Crippen molar-refractivity contribution in [2.24, 2.45) is 0 Å². The second-order valence-corrected chi connectivity index (χ2v) is 43.0. The average Bonchev–Trinajstić information content (AvgIpc) is 1.59. The molecule has 0 amide bonds. The Bertz CT molecular complexity index is 8010. The molecule has 725 valence electrons. The summed E-state index contributed by atoms with van der Waals surface area (Å²) in [5.41, 5.74) is 6.96. The molecule has 15 aromatic rings. The fraction of sp³-hybridized carbons (Fsp3) is 0.105. The molecular formula is C76H63CuK7N20O29S11. The molecule has 8 bridgehead atoms. The molecule has 8 aromatic carbocycles. The quantitative estimate of drug-likeness (QED) is 0.0109. The van der Waals surface area contributed by atoms with Gasteiger partial charge in [-0.05, 0) is 122 Å². The van der Waals surface area contributed by atoms with Crippen molar-refractivity contribution in [2.75, 3.05) is 43.9 Å². The summed E-state index contributed by atoms with van der Waals surface area (Å²) in [7, 11) is -33.9. The molecule has 0 fully saturated rings. The van der Waals surface area contributed by atoms with Crippen LogP contribution in [0.5, 0.6) is 5.75 Å². The van der Waals surface area contributed by atoms with E-state index in [2.05, 4.69) is 62.2 Å². The van der Waals surface area contributed by atoms with Crippen molar-refractivity contribution in [1.29, 1.82) is 0 Å². The molecule has 1 radical (unpaired) electrons. The van der Waals surface area contributed by atoms with Gasteiger partial charge in [0.25, 0.3) is 0 Å². The van der Waals surface area contributed by atoms with Gasteiger partial charge in [-0.25, -0.2) is 100 Å². The summed E-state index contributed by atoms with van der Waals surface area (Å²) < 4.78 is 274. The molecule has 144 heavy (non-hydrogen) atoms. The fourth-order valence-corrected chi connectivity index (χ4v) is 18.5. The molecule has 1 unspecified atom stereocenters. The van der Waals surface area contributed by atoms with Gasteiger partial charge in [0.2, 0.25) is 40.1 Å². The Morgan fingerprint density at radius 2 is 0.611 bits per heavy atom. The smallest absolute Gasteiger partial charge is 0.744 e. The Morgan fingerprint density at radius 1 is 0.347 bits per heavy atom. The first-order chi connectivity index (χ1) is 63.7. The first-order valence-electron chi connectivity index (χ1n) is 37.4. The van der Waals surface area contributed by atoms with E-state index >= 15 is 0 Å². The molecule has 1 atom stereocenters. The number of nitrogens with zero attached hydrogens (tertiary/aromatic N) is 16. The summed E-state index contributed by atoms with van der Waals surface area (Å²) in [6.07, 6.45) is 3.67. The number of aryl methyl sites for hydroxylation is 4. The largest absolute Gasteiger partial charge is 2.00 e. The van der Waals surface area contributed by atoms with Gasteiger partial charge in [-0.1, -0.05) is 97.1 Å². The minimum Gasteiger partial charge on any atom is -0.744 e. The van der Waals surface area contributed by atoms with E-state index < -0.39 is 107 Å². The van der Waals surface area contributed by atoms with Crippen LogP contribution >= 0.6 is 24.1 Å². The van der Waals surface area contributed by atoms with Crippen molar-refractivity contribution in [3.63, 3.8) is 0 Å². The van der Waals surface area contributed by atoms with Crippen LogP contribution in [0.2, 0.25) is 0 Å². The Labute approximate surface area is 1140 Å². The molecule has 49 nitrogen and oxygen atoms in total. The zero-order valence-corrected chi connectivity index (χ0v) is 109. The Morgan fingerprint density at radius 3 is 0.875 bits per heavy atom. The molecule has 0 aliphatic carbocycles. The van der Waals surface area contributed by atoms with Crippen LogP contribution < -0.4 is 403 Å². The van der Waals surface area contributed by atoms with Crippen molar-refractivity contribution >= 4 is 183 Å². The number of fused-ring (bicyclic) bond motifs is 20. The van der Waals surface area contributed by atoms with Gasteiger partial charge in [-0.2, -0.15) is 29.1 Å². The molecule has 0 saturated carbocycles. The van der Waals surface area contributed by atoms with Crippen molar-refractivity contribution in [2.45, 2.75) is 57.1 Å². The van der Waals surface area contributed by atoms with Gasteiger partial charge in [-0.3, -0.25) is 29.0 Å². The van der Waals surface area contributed by atoms with Crippen molar-refractivity contribution in [3.05, 3.63) is 223 Å². The van der Waals surface area contributed by atoms with Crippen LogP contribution in [0.4, 0.5) is 23.3 Å². The normalized spacial score (nSPS) is 11.7. The van der Waals surface area contributed by atoms with E-state index in [0.717, 1.165) is 125 Å². The van der Waals surface area contributed by atoms with Gasteiger partial charge < -0.3 is 67.4 Å². The number of aromatic nitrogens is 16. The minimum atomic E-state index is -4.98. The van der Waals surface area contributed by atoms with Crippen molar-refractivity contribution < 1.29 is 506 Å². The summed E-state index contributed by atoms with van der Waals surface area (Å²) in [6.45, 7) is 6.27. The molecule has 7 aromatic heterocycles. The molecular weight excluding hydrogens is 2350 g/mol. The number of rotatable bonds is 24.